The monoisotopic (exact) mass is 500 g/mol. The predicted molar refractivity (Wildman–Crippen MR) is 147 cm³/mol. The minimum Gasteiger partial charge on any atom is -0.459 e. The number of carbonyl (C=O) groups excluding carboxylic acids is 1. The number of rotatable bonds is 9. The molecule has 0 aliphatic heterocycles. The highest BCUT2D eigenvalue weighted by Crippen LogP contribution is 2.44. The van der Waals surface area contributed by atoms with Crippen LogP contribution >= 0.6 is 0 Å². The van der Waals surface area contributed by atoms with Gasteiger partial charge in [-0.3, -0.25) is 0 Å². The van der Waals surface area contributed by atoms with E-state index < -0.39 is 11.6 Å². The largest absolute Gasteiger partial charge is 0.459 e. The number of aryl methyl sites for hydroxylation is 1. The molecule has 4 unspecified atom stereocenters. The second kappa shape index (κ2) is 11.6. The summed E-state index contributed by atoms with van der Waals surface area (Å²) in [7, 11) is 0. The SMILES string of the molecule is CC1CCC(C(C)(C)c2ccccc2)C(OC(=O)C(O)(c2ccccc2)c2ccc(CCCO)cc2)C1. The van der Waals surface area contributed by atoms with Crippen molar-refractivity contribution in [1.82, 2.24) is 0 Å². The number of aliphatic hydroxyl groups is 2. The van der Waals surface area contributed by atoms with Gasteiger partial charge in [-0.15, -0.1) is 0 Å². The Morgan fingerprint density at radius 2 is 1.43 bits per heavy atom. The molecule has 37 heavy (non-hydrogen) atoms. The first-order valence-electron chi connectivity index (χ1n) is 13.5. The van der Waals surface area contributed by atoms with E-state index >= 15 is 0 Å². The highest BCUT2D eigenvalue weighted by molar-refractivity contribution is 5.85. The third kappa shape index (κ3) is 5.81. The Balaban J connectivity index is 1.67. The van der Waals surface area contributed by atoms with Gasteiger partial charge >= 0.3 is 5.97 Å². The molecule has 2 N–H and O–H groups in total. The highest BCUT2D eigenvalue weighted by atomic mass is 16.6. The smallest absolute Gasteiger partial charge is 0.347 e. The predicted octanol–water partition coefficient (Wildman–Crippen LogP) is 6.17. The van der Waals surface area contributed by atoms with Gasteiger partial charge in [-0.1, -0.05) is 112 Å². The zero-order valence-electron chi connectivity index (χ0n) is 22.3. The summed E-state index contributed by atoms with van der Waals surface area (Å²) in [5.74, 6) is -0.0537. The quantitative estimate of drug-likeness (QED) is 0.345. The van der Waals surface area contributed by atoms with E-state index in [4.69, 9.17) is 9.84 Å². The summed E-state index contributed by atoms with van der Waals surface area (Å²) in [6.45, 7) is 6.81. The van der Waals surface area contributed by atoms with E-state index in [1.54, 1.807) is 24.3 Å². The summed E-state index contributed by atoms with van der Waals surface area (Å²) in [5, 5.41) is 21.2. The van der Waals surface area contributed by atoms with Crippen molar-refractivity contribution in [3.63, 3.8) is 0 Å². The molecule has 4 atom stereocenters. The van der Waals surface area contributed by atoms with E-state index in [0.29, 0.717) is 23.5 Å². The van der Waals surface area contributed by atoms with Gasteiger partial charge in [0.15, 0.2) is 0 Å². The van der Waals surface area contributed by atoms with Gasteiger partial charge in [-0.2, -0.15) is 0 Å². The molecule has 0 aromatic heterocycles. The molecule has 4 heteroatoms. The topological polar surface area (TPSA) is 66.8 Å². The van der Waals surface area contributed by atoms with E-state index in [0.717, 1.165) is 31.2 Å². The molecule has 1 aliphatic rings. The first-order chi connectivity index (χ1) is 17.8. The van der Waals surface area contributed by atoms with Crippen LogP contribution in [-0.4, -0.2) is 28.9 Å². The molecular weight excluding hydrogens is 460 g/mol. The number of ether oxygens (including phenoxy) is 1. The van der Waals surface area contributed by atoms with Crippen molar-refractivity contribution in [3.8, 4) is 0 Å². The molecule has 1 aliphatic carbocycles. The number of esters is 1. The Bertz CT molecular complexity index is 1140. The Kier molecular flexibility index (Phi) is 8.51. The molecule has 0 bridgehead atoms. The van der Waals surface area contributed by atoms with Gasteiger partial charge in [0, 0.05) is 12.5 Å². The van der Waals surface area contributed by atoms with Crippen LogP contribution in [0.4, 0.5) is 0 Å². The van der Waals surface area contributed by atoms with Gasteiger partial charge in [0.1, 0.15) is 6.10 Å². The van der Waals surface area contributed by atoms with Crippen molar-refractivity contribution in [3.05, 3.63) is 107 Å². The van der Waals surface area contributed by atoms with Crippen LogP contribution < -0.4 is 0 Å². The molecule has 0 amide bonds. The van der Waals surface area contributed by atoms with Gasteiger partial charge in [-0.05, 0) is 59.3 Å². The second-order valence-corrected chi connectivity index (χ2v) is 11.2. The number of hydrogen-bond donors (Lipinski definition) is 2. The van der Waals surface area contributed by atoms with Gasteiger partial charge in [-0.25, -0.2) is 4.79 Å². The van der Waals surface area contributed by atoms with Crippen molar-refractivity contribution in [2.24, 2.45) is 11.8 Å². The van der Waals surface area contributed by atoms with Crippen LogP contribution in [0.25, 0.3) is 0 Å². The maximum absolute atomic E-state index is 14.0. The van der Waals surface area contributed by atoms with Gasteiger partial charge in [0.2, 0.25) is 5.60 Å². The average molecular weight is 501 g/mol. The maximum Gasteiger partial charge on any atom is 0.347 e. The summed E-state index contributed by atoms with van der Waals surface area (Å²) >= 11 is 0. The minimum atomic E-state index is -1.92. The number of benzene rings is 3. The lowest BCUT2D eigenvalue weighted by molar-refractivity contribution is -0.175. The van der Waals surface area contributed by atoms with E-state index in [2.05, 4.69) is 45.0 Å². The minimum absolute atomic E-state index is 0.127. The Morgan fingerprint density at radius 3 is 2.03 bits per heavy atom. The van der Waals surface area contributed by atoms with Gasteiger partial charge in [0.05, 0.1) is 0 Å². The van der Waals surface area contributed by atoms with E-state index in [-0.39, 0.29) is 24.0 Å². The lowest BCUT2D eigenvalue weighted by Crippen LogP contribution is -2.47. The van der Waals surface area contributed by atoms with Crippen LogP contribution in [0.3, 0.4) is 0 Å². The van der Waals surface area contributed by atoms with Crippen LogP contribution in [0, 0.1) is 11.8 Å². The molecule has 196 valence electrons. The van der Waals surface area contributed by atoms with E-state index in [9.17, 15) is 9.90 Å². The molecule has 0 heterocycles. The van der Waals surface area contributed by atoms with Crippen LogP contribution in [0.2, 0.25) is 0 Å². The lowest BCUT2D eigenvalue weighted by atomic mass is 9.64. The first kappa shape index (κ1) is 27.1. The summed E-state index contributed by atoms with van der Waals surface area (Å²) in [6.07, 6.45) is 3.93. The van der Waals surface area contributed by atoms with Crippen LogP contribution in [0.15, 0.2) is 84.9 Å². The number of carbonyl (C=O) groups is 1. The third-order valence-corrected chi connectivity index (χ3v) is 8.24. The fourth-order valence-electron chi connectivity index (χ4n) is 5.87. The Hall–Kier alpha value is -2.95. The molecule has 0 radical (unpaired) electrons. The zero-order chi connectivity index (χ0) is 26.5. The zero-order valence-corrected chi connectivity index (χ0v) is 22.3. The van der Waals surface area contributed by atoms with Crippen LogP contribution in [-0.2, 0) is 27.0 Å². The molecule has 0 saturated heterocycles. The molecule has 1 fully saturated rings. The number of aliphatic hydroxyl groups excluding tert-OH is 1. The summed E-state index contributed by atoms with van der Waals surface area (Å²) < 4.78 is 6.33. The molecule has 3 aromatic carbocycles. The maximum atomic E-state index is 14.0. The average Bonchev–Trinajstić information content (AvgIpc) is 2.92. The van der Waals surface area contributed by atoms with Crippen molar-refractivity contribution < 1.29 is 19.7 Å². The standard InChI is InChI=1S/C33H40O4/c1-24-16-21-29(32(2,3)26-12-6-4-7-13-26)30(23-24)37-31(35)33(36,27-14-8-5-9-15-27)28-19-17-25(18-20-28)11-10-22-34/h4-9,12-15,17-20,24,29-30,34,36H,10-11,16,21-23H2,1-3H3. The summed E-state index contributed by atoms with van der Waals surface area (Å²) in [6, 6.07) is 26.9. The van der Waals surface area contributed by atoms with Crippen molar-refractivity contribution in [2.75, 3.05) is 6.61 Å². The molecule has 0 spiro atoms. The van der Waals surface area contributed by atoms with Crippen molar-refractivity contribution in [1.29, 1.82) is 0 Å². The van der Waals surface area contributed by atoms with E-state index in [1.807, 2.05) is 36.4 Å². The number of hydrogen-bond acceptors (Lipinski definition) is 4. The van der Waals surface area contributed by atoms with Crippen LogP contribution in [0.1, 0.15) is 68.7 Å². The third-order valence-electron chi connectivity index (χ3n) is 8.24. The van der Waals surface area contributed by atoms with Crippen LogP contribution in [0.5, 0.6) is 0 Å². The summed E-state index contributed by atoms with van der Waals surface area (Å²) in [5.41, 5.74) is 1.15. The van der Waals surface area contributed by atoms with Crippen molar-refractivity contribution in [2.45, 2.75) is 70.0 Å². The van der Waals surface area contributed by atoms with E-state index in [1.165, 1.54) is 5.56 Å². The fraction of sp³-hybridized carbons (Fsp3) is 0.424. The fourth-order valence-corrected chi connectivity index (χ4v) is 5.87. The lowest BCUT2D eigenvalue weighted by Gasteiger charge is -2.44. The van der Waals surface area contributed by atoms with Gasteiger partial charge < -0.3 is 14.9 Å². The highest BCUT2D eigenvalue weighted by Gasteiger charge is 2.47. The van der Waals surface area contributed by atoms with Gasteiger partial charge in [0.25, 0.3) is 0 Å². The summed E-state index contributed by atoms with van der Waals surface area (Å²) in [4.78, 5) is 14.0. The molecule has 1 saturated carbocycles. The molecule has 3 aromatic rings. The Morgan fingerprint density at radius 1 is 0.865 bits per heavy atom. The molecular formula is C33H40O4. The molecule has 4 rings (SSSR count). The first-order valence-corrected chi connectivity index (χ1v) is 13.5. The normalized spacial score (nSPS) is 21.7. The second-order valence-electron chi connectivity index (χ2n) is 11.2. The Labute approximate surface area is 221 Å². The van der Waals surface area contributed by atoms with Crippen molar-refractivity contribution >= 4 is 5.97 Å². The molecule has 4 nitrogen and oxygen atoms in total.